The molecule has 0 aliphatic carbocycles. The Labute approximate surface area is 177 Å². The lowest BCUT2D eigenvalue weighted by Gasteiger charge is -2.20. The second kappa shape index (κ2) is 12.4. The Morgan fingerprint density at radius 2 is 1.63 bits per heavy atom. The standard InChI is InChI=1S/C18H29N5O3.HI/c1-5-19-17(22-12-15(25)23-18(2,3)4)21-11-10-20-16(26)13-6-8-14(24)9-7-13;/h6-9,24H,5,10-12H2,1-4H3,(H,20,26)(H,23,25)(H2,19,21,22);1H. The minimum absolute atomic E-state index is 0. The average molecular weight is 491 g/mol. The molecule has 1 aromatic carbocycles. The van der Waals surface area contributed by atoms with Crippen LogP contribution in [0, 0.1) is 0 Å². The second-order valence-electron chi connectivity index (χ2n) is 6.72. The fraction of sp³-hybridized carbons (Fsp3) is 0.500. The molecular weight excluding hydrogens is 461 g/mol. The molecule has 27 heavy (non-hydrogen) atoms. The van der Waals surface area contributed by atoms with Crippen LogP contribution >= 0.6 is 24.0 Å². The summed E-state index contributed by atoms with van der Waals surface area (Å²) in [5.41, 5.74) is 0.180. The third kappa shape index (κ3) is 11.3. The Balaban J connectivity index is 0.00000676. The van der Waals surface area contributed by atoms with Crippen molar-refractivity contribution in [1.29, 1.82) is 0 Å². The van der Waals surface area contributed by atoms with Gasteiger partial charge in [-0.3, -0.25) is 9.59 Å². The molecule has 1 rings (SSSR count). The summed E-state index contributed by atoms with van der Waals surface area (Å²) >= 11 is 0. The van der Waals surface area contributed by atoms with Crippen LogP contribution in [0.3, 0.4) is 0 Å². The number of phenolic OH excluding ortho intramolecular Hbond substituents is 1. The molecule has 8 nitrogen and oxygen atoms in total. The third-order valence-corrected chi connectivity index (χ3v) is 3.07. The molecular formula is C18H30IN5O3. The summed E-state index contributed by atoms with van der Waals surface area (Å²) in [7, 11) is 0. The number of hydrogen-bond donors (Lipinski definition) is 5. The number of halogens is 1. The zero-order valence-corrected chi connectivity index (χ0v) is 18.6. The maximum atomic E-state index is 12.0. The lowest BCUT2D eigenvalue weighted by molar-refractivity contribution is -0.121. The number of carbonyl (C=O) groups is 2. The number of carbonyl (C=O) groups excluding carboxylic acids is 2. The largest absolute Gasteiger partial charge is 0.508 e. The van der Waals surface area contributed by atoms with Gasteiger partial charge in [-0.15, -0.1) is 24.0 Å². The second-order valence-corrected chi connectivity index (χ2v) is 6.72. The van der Waals surface area contributed by atoms with Crippen molar-refractivity contribution in [1.82, 2.24) is 21.3 Å². The number of nitrogens with one attached hydrogen (secondary N) is 4. The van der Waals surface area contributed by atoms with E-state index in [0.717, 1.165) is 0 Å². The smallest absolute Gasteiger partial charge is 0.251 e. The maximum absolute atomic E-state index is 12.0. The van der Waals surface area contributed by atoms with Crippen molar-refractivity contribution in [3.63, 3.8) is 0 Å². The summed E-state index contributed by atoms with van der Waals surface area (Å²) in [4.78, 5) is 28.0. The van der Waals surface area contributed by atoms with Crippen LogP contribution in [-0.2, 0) is 4.79 Å². The summed E-state index contributed by atoms with van der Waals surface area (Å²) in [5.74, 6) is 0.245. The molecule has 0 radical (unpaired) electrons. The van der Waals surface area contributed by atoms with Gasteiger partial charge in [0.05, 0.1) is 0 Å². The van der Waals surface area contributed by atoms with Crippen molar-refractivity contribution in [2.24, 2.45) is 4.99 Å². The average Bonchev–Trinajstić information content (AvgIpc) is 2.55. The SMILES string of the molecule is CCNC(=NCC(=O)NC(C)(C)C)NCCNC(=O)c1ccc(O)cc1.I. The van der Waals surface area contributed by atoms with E-state index < -0.39 is 0 Å². The Morgan fingerprint density at radius 1 is 1.04 bits per heavy atom. The van der Waals surface area contributed by atoms with E-state index in [0.29, 0.717) is 31.2 Å². The van der Waals surface area contributed by atoms with Crippen molar-refractivity contribution in [2.75, 3.05) is 26.2 Å². The Kier molecular flexibility index (Phi) is 11.4. The molecule has 0 aliphatic rings. The number of hydrogen-bond acceptors (Lipinski definition) is 4. The molecule has 0 saturated heterocycles. The molecule has 0 unspecified atom stereocenters. The topological polar surface area (TPSA) is 115 Å². The van der Waals surface area contributed by atoms with Gasteiger partial charge in [0.2, 0.25) is 5.91 Å². The highest BCUT2D eigenvalue weighted by Crippen LogP contribution is 2.09. The summed E-state index contributed by atoms with van der Waals surface area (Å²) < 4.78 is 0. The van der Waals surface area contributed by atoms with Crippen LogP contribution in [-0.4, -0.2) is 54.6 Å². The lowest BCUT2D eigenvalue weighted by Crippen LogP contribution is -2.44. The normalized spacial score (nSPS) is 11.2. The summed E-state index contributed by atoms with van der Waals surface area (Å²) in [5, 5.41) is 20.9. The molecule has 0 atom stereocenters. The molecule has 1 aromatic rings. The highest BCUT2D eigenvalue weighted by molar-refractivity contribution is 14.0. The summed E-state index contributed by atoms with van der Waals surface area (Å²) in [6.45, 7) is 9.19. The number of nitrogens with zero attached hydrogens (tertiary/aromatic N) is 1. The van der Waals surface area contributed by atoms with Gasteiger partial charge in [0.1, 0.15) is 12.3 Å². The minimum atomic E-state index is -0.295. The first-order valence-corrected chi connectivity index (χ1v) is 8.61. The molecule has 0 aliphatic heterocycles. The number of aromatic hydroxyl groups is 1. The van der Waals surface area contributed by atoms with Gasteiger partial charge in [-0.05, 0) is 52.0 Å². The van der Waals surface area contributed by atoms with Crippen molar-refractivity contribution in [3.05, 3.63) is 29.8 Å². The van der Waals surface area contributed by atoms with Gasteiger partial charge >= 0.3 is 0 Å². The number of amides is 2. The fourth-order valence-electron chi connectivity index (χ4n) is 2.02. The number of guanidine groups is 1. The first kappa shape index (κ1) is 25.0. The maximum Gasteiger partial charge on any atom is 0.251 e. The van der Waals surface area contributed by atoms with Crippen LogP contribution in [0.1, 0.15) is 38.1 Å². The van der Waals surface area contributed by atoms with Gasteiger partial charge in [-0.2, -0.15) is 0 Å². The van der Waals surface area contributed by atoms with E-state index in [2.05, 4.69) is 26.3 Å². The van der Waals surface area contributed by atoms with Gasteiger partial charge < -0.3 is 26.4 Å². The van der Waals surface area contributed by atoms with Gasteiger partial charge in [0.15, 0.2) is 5.96 Å². The molecule has 0 fully saturated rings. The third-order valence-electron chi connectivity index (χ3n) is 3.07. The predicted molar refractivity (Wildman–Crippen MR) is 118 cm³/mol. The predicted octanol–water partition coefficient (Wildman–Crippen LogP) is 1.21. The molecule has 152 valence electrons. The van der Waals surface area contributed by atoms with Gasteiger partial charge in [0, 0.05) is 30.7 Å². The van der Waals surface area contributed by atoms with E-state index >= 15 is 0 Å². The highest BCUT2D eigenvalue weighted by atomic mass is 127. The van der Waals surface area contributed by atoms with E-state index in [1.165, 1.54) is 12.1 Å². The van der Waals surface area contributed by atoms with E-state index in [1.807, 2.05) is 27.7 Å². The zero-order chi connectivity index (χ0) is 19.6. The van der Waals surface area contributed by atoms with Crippen molar-refractivity contribution < 1.29 is 14.7 Å². The monoisotopic (exact) mass is 491 g/mol. The molecule has 0 bridgehead atoms. The van der Waals surface area contributed by atoms with Crippen LogP contribution in [0.2, 0.25) is 0 Å². The van der Waals surface area contributed by atoms with E-state index in [-0.39, 0.29) is 53.6 Å². The first-order valence-electron chi connectivity index (χ1n) is 8.61. The number of aliphatic imine (C=N–C) groups is 1. The van der Waals surface area contributed by atoms with Crippen LogP contribution in [0.25, 0.3) is 0 Å². The Morgan fingerprint density at radius 3 is 2.19 bits per heavy atom. The minimum Gasteiger partial charge on any atom is -0.508 e. The Bertz CT molecular complexity index is 627. The van der Waals surface area contributed by atoms with Gasteiger partial charge in [0.25, 0.3) is 5.91 Å². The molecule has 0 spiro atoms. The van der Waals surface area contributed by atoms with E-state index in [1.54, 1.807) is 12.1 Å². The molecule has 0 aromatic heterocycles. The van der Waals surface area contributed by atoms with Crippen LogP contribution in [0.4, 0.5) is 0 Å². The molecule has 0 saturated carbocycles. The molecule has 5 N–H and O–H groups in total. The molecule has 0 heterocycles. The quantitative estimate of drug-likeness (QED) is 0.170. The number of rotatable bonds is 7. The van der Waals surface area contributed by atoms with Crippen LogP contribution < -0.4 is 21.3 Å². The summed E-state index contributed by atoms with van der Waals surface area (Å²) in [6.07, 6.45) is 0. The van der Waals surface area contributed by atoms with Crippen molar-refractivity contribution in [2.45, 2.75) is 33.2 Å². The van der Waals surface area contributed by atoms with E-state index in [9.17, 15) is 14.7 Å². The fourth-order valence-corrected chi connectivity index (χ4v) is 2.02. The van der Waals surface area contributed by atoms with Crippen LogP contribution in [0.15, 0.2) is 29.3 Å². The number of phenols is 1. The lowest BCUT2D eigenvalue weighted by atomic mass is 10.1. The molecule has 2 amide bonds. The highest BCUT2D eigenvalue weighted by Gasteiger charge is 2.13. The molecule has 9 heteroatoms. The first-order chi connectivity index (χ1) is 12.2. The number of benzene rings is 1. The van der Waals surface area contributed by atoms with Gasteiger partial charge in [-0.1, -0.05) is 0 Å². The van der Waals surface area contributed by atoms with E-state index in [4.69, 9.17) is 0 Å². The zero-order valence-electron chi connectivity index (χ0n) is 16.3. The van der Waals surface area contributed by atoms with Gasteiger partial charge in [-0.25, -0.2) is 4.99 Å². The Hall–Kier alpha value is -2.04. The van der Waals surface area contributed by atoms with Crippen molar-refractivity contribution in [3.8, 4) is 5.75 Å². The van der Waals surface area contributed by atoms with Crippen molar-refractivity contribution >= 4 is 41.8 Å². The van der Waals surface area contributed by atoms with Crippen LogP contribution in [0.5, 0.6) is 5.75 Å². The summed E-state index contributed by atoms with van der Waals surface area (Å²) in [6, 6.07) is 6.03.